The van der Waals surface area contributed by atoms with Crippen molar-refractivity contribution in [3.63, 3.8) is 0 Å². The number of rotatable bonds is 5. The number of hydrogen-bond acceptors (Lipinski definition) is 2. The molecule has 0 fully saturated rings. The molecule has 0 aliphatic heterocycles. The fourth-order valence-electron chi connectivity index (χ4n) is 2.44. The number of para-hydroxylation sites is 1. The van der Waals surface area contributed by atoms with Crippen LogP contribution >= 0.6 is 0 Å². The minimum Gasteiger partial charge on any atom is -0.488 e. The standard InChI is InChI=1S/C20H14F2O2/c21-18-10-15(12-23)17(11-19(18)22)16-8-4-5-9-20(16)24-13-14-6-2-1-3-7-14/h1-12H,13H2. The molecule has 0 spiro atoms. The van der Waals surface area contributed by atoms with Gasteiger partial charge in [0.1, 0.15) is 12.4 Å². The van der Waals surface area contributed by atoms with E-state index in [1.165, 1.54) is 0 Å². The summed E-state index contributed by atoms with van der Waals surface area (Å²) in [6, 6.07) is 18.5. The molecule has 3 rings (SSSR count). The topological polar surface area (TPSA) is 26.3 Å². The molecule has 4 heteroatoms. The predicted octanol–water partition coefficient (Wildman–Crippen LogP) is 5.02. The maximum absolute atomic E-state index is 13.6. The fourth-order valence-corrected chi connectivity index (χ4v) is 2.44. The molecule has 0 aliphatic rings. The van der Waals surface area contributed by atoms with Crippen molar-refractivity contribution in [3.8, 4) is 16.9 Å². The van der Waals surface area contributed by atoms with Crippen LogP contribution in [-0.2, 0) is 6.61 Å². The van der Waals surface area contributed by atoms with Gasteiger partial charge in [0.2, 0.25) is 0 Å². The lowest BCUT2D eigenvalue weighted by atomic mass is 9.99. The molecular formula is C20H14F2O2. The Kier molecular flexibility index (Phi) is 4.66. The largest absolute Gasteiger partial charge is 0.488 e. The molecule has 0 heterocycles. The normalized spacial score (nSPS) is 10.4. The summed E-state index contributed by atoms with van der Waals surface area (Å²) in [6.07, 6.45) is 0.506. The van der Waals surface area contributed by atoms with E-state index in [0.29, 0.717) is 29.8 Å². The van der Waals surface area contributed by atoms with Crippen LogP contribution in [0.2, 0.25) is 0 Å². The monoisotopic (exact) mass is 324 g/mol. The van der Waals surface area contributed by atoms with E-state index in [0.717, 1.165) is 17.7 Å². The molecule has 0 radical (unpaired) electrons. The summed E-state index contributed by atoms with van der Waals surface area (Å²) in [4.78, 5) is 11.2. The first-order chi connectivity index (χ1) is 11.7. The first-order valence-electron chi connectivity index (χ1n) is 7.39. The summed E-state index contributed by atoms with van der Waals surface area (Å²) in [6.45, 7) is 0.331. The van der Waals surface area contributed by atoms with E-state index >= 15 is 0 Å². The first-order valence-corrected chi connectivity index (χ1v) is 7.39. The average Bonchev–Trinajstić information content (AvgIpc) is 2.63. The summed E-state index contributed by atoms with van der Waals surface area (Å²) < 4.78 is 32.8. The molecule has 0 unspecified atom stereocenters. The second kappa shape index (κ2) is 7.04. The highest BCUT2D eigenvalue weighted by Gasteiger charge is 2.14. The maximum atomic E-state index is 13.6. The summed E-state index contributed by atoms with van der Waals surface area (Å²) in [7, 11) is 0. The quantitative estimate of drug-likeness (QED) is 0.616. The number of carbonyl (C=O) groups is 1. The van der Waals surface area contributed by atoms with E-state index in [2.05, 4.69) is 0 Å². The van der Waals surface area contributed by atoms with Crippen LogP contribution in [-0.4, -0.2) is 6.29 Å². The van der Waals surface area contributed by atoms with Crippen LogP contribution in [0.4, 0.5) is 8.78 Å². The Morgan fingerprint density at radius 1 is 0.833 bits per heavy atom. The predicted molar refractivity (Wildman–Crippen MR) is 88.0 cm³/mol. The van der Waals surface area contributed by atoms with Crippen molar-refractivity contribution in [2.24, 2.45) is 0 Å². The maximum Gasteiger partial charge on any atom is 0.159 e. The number of halogens is 2. The summed E-state index contributed by atoms with van der Waals surface area (Å²) in [5, 5.41) is 0. The lowest BCUT2D eigenvalue weighted by Crippen LogP contribution is -1.99. The van der Waals surface area contributed by atoms with Gasteiger partial charge in [0, 0.05) is 11.1 Å². The van der Waals surface area contributed by atoms with Crippen molar-refractivity contribution in [2.45, 2.75) is 6.61 Å². The van der Waals surface area contributed by atoms with Crippen molar-refractivity contribution >= 4 is 6.29 Å². The van der Waals surface area contributed by atoms with Gasteiger partial charge in [-0.05, 0) is 29.3 Å². The van der Waals surface area contributed by atoms with Gasteiger partial charge >= 0.3 is 0 Å². The molecule has 3 aromatic rings. The number of ether oxygens (including phenoxy) is 1. The molecular weight excluding hydrogens is 310 g/mol. The second-order valence-electron chi connectivity index (χ2n) is 5.24. The van der Waals surface area contributed by atoms with Gasteiger partial charge in [-0.25, -0.2) is 8.78 Å². The zero-order valence-corrected chi connectivity index (χ0v) is 12.7. The molecule has 2 nitrogen and oxygen atoms in total. The molecule has 120 valence electrons. The van der Waals surface area contributed by atoms with E-state index in [1.54, 1.807) is 24.3 Å². The van der Waals surface area contributed by atoms with Crippen LogP contribution in [0.1, 0.15) is 15.9 Å². The van der Waals surface area contributed by atoms with Crippen LogP contribution in [0.25, 0.3) is 11.1 Å². The smallest absolute Gasteiger partial charge is 0.159 e. The number of hydrogen-bond donors (Lipinski definition) is 0. The Bertz CT molecular complexity index is 861. The van der Waals surface area contributed by atoms with E-state index < -0.39 is 11.6 Å². The molecule has 0 bridgehead atoms. The molecule has 0 atom stereocenters. The summed E-state index contributed by atoms with van der Waals surface area (Å²) in [5.74, 6) is -1.56. The molecule has 0 saturated carbocycles. The summed E-state index contributed by atoms with van der Waals surface area (Å²) >= 11 is 0. The number of carbonyl (C=O) groups excluding carboxylic acids is 1. The van der Waals surface area contributed by atoms with E-state index in [1.807, 2.05) is 30.3 Å². The Balaban J connectivity index is 1.98. The van der Waals surface area contributed by atoms with Crippen LogP contribution in [0.3, 0.4) is 0 Å². The highest BCUT2D eigenvalue weighted by atomic mass is 19.2. The van der Waals surface area contributed by atoms with E-state index in [9.17, 15) is 13.6 Å². The van der Waals surface area contributed by atoms with E-state index in [-0.39, 0.29) is 5.56 Å². The van der Waals surface area contributed by atoms with Gasteiger partial charge in [0.25, 0.3) is 0 Å². The molecule has 0 aromatic heterocycles. The third-order valence-electron chi connectivity index (χ3n) is 3.63. The van der Waals surface area contributed by atoms with Crippen LogP contribution < -0.4 is 4.74 Å². The van der Waals surface area contributed by atoms with Crippen LogP contribution in [0, 0.1) is 11.6 Å². The molecule has 0 saturated heterocycles. The SMILES string of the molecule is O=Cc1cc(F)c(F)cc1-c1ccccc1OCc1ccccc1. The van der Waals surface area contributed by atoms with Gasteiger partial charge in [0.15, 0.2) is 17.9 Å². The fraction of sp³-hybridized carbons (Fsp3) is 0.0500. The zero-order chi connectivity index (χ0) is 16.9. The Morgan fingerprint density at radius 2 is 1.50 bits per heavy atom. The Hall–Kier alpha value is -3.01. The molecule has 0 aliphatic carbocycles. The lowest BCUT2D eigenvalue weighted by molar-refractivity contribution is 0.112. The highest BCUT2D eigenvalue weighted by molar-refractivity contribution is 5.89. The molecule has 24 heavy (non-hydrogen) atoms. The van der Waals surface area contributed by atoms with Gasteiger partial charge in [-0.1, -0.05) is 48.5 Å². The zero-order valence-electron chi connectivity index (χ0n) is 12.7. The minimum absolute atomic E-state index is 0.0738. The Labute approximate surface area is 138 Å². The molecule has 0 N–H and O–H groups in total. The Morgan fingerprint density at radius 3 is 2.25 bits per heavy atom. The first kappa shape index (κ1) is 15.9. The molecule has 3 aromatic carbocycles. The third-order valence-corrected chi connectivity index (χ3v) is 3.63. The van der Waals surface area contributed by atoms with Gasteiger partial charge in [-0.15, -0.1) is 0 Å². The summed E-state index contributed by atoms with van der Waals surface area (Å²) in [5.41, 5.74) is 1.89. The lowest BCUT2D eigenvalue weighted by Gasteiger charge is -2.13. The van der Waals surface area contributed by atoms with Crippen molar-refractivity contribution in [3.05, 3.63) is 89.5 Å². The van der Waals surface area contributed by atoms with Gasteiger partial charge < -0.3 is 4.74 Å². The van der Waals surface area contributed by atoms with Gasteiger partial charge in [0.05, 0.1) is 0 Å². The second-order valence-corrected chi connectivity index (χ2v) is 5.24. The average molecular weight is 324 g/mol. The van der Waals surface area contributed by atoms with Crippen molar-refractivity contribution in [1.82, 2.24) is 0 Å². The van der Waals surface area contributed by atoms with Crippen LogP contribution in [0.5, 0.6) is 5.75 Å². The molecule has 0 amide bonds. The van der Waals surface area contributed by atoms with Gasteiger partial charge in [-0.3, -0.25) is 4.79 Å². The minimum atomic E-state index is -1.05. The van der Waals surface area contributed by atoms with Gasteiger partial charge in [-0.2, -0.15) is 0 Å². The number of benzene rings is 3. The number of aldehydes is 1. The third kappa shape index (κ3) is 3.33. The van der Waals surface area contributed by atoms with Crippen LogP contribution in [0.15, 0.2) is 66.7 Å². The van der Waals surface area contributed by atoms with E-state index in [4.69, 9.17) is 4.74 Å². The van der Waals surface area contributed by atoms with Crippen molar-refractivity contribution in [1.29, 1.82) is 0 Å². The highest BCUT2D eigenvalue weighted by Crippen LogP contribution is 2.33. The van der Waals surface area contributed by atoms with Crippen molar-refractivity contribution < 1.29 is 18.3 Å². The van der Waals surface area contributed by atoms with Crippen molar-refractivity contribution in [2.75, 3.05) is 0 Å².